The van der Waals surface area contributed by atoms with Gasteiger partial charge >= 0.3 is 0 Å². The maximum atomic E-state index is 5.82. The van der Waals surface area contributed by atoms with Crippen molar-refractivity contribution in [2.24, 2.45) is 0 Å². The average Bonchev–Trinajstić information content (AvgIpc) is 2.27. The van der Waals surface area contributed by atoms with E-state index in [9.17, 15) is 0 Å². The quantitative estimate of drug-likeness (QED) is 0.720. The minimum Gasteiger partial charge on any atom is -0.457 e. The molecule has 0 heterocycles. The highest BCUT2D eigenvalue weighted by Crippen LogP contribution is 2.25. The van der Waals surface area contributed by atoms with Gasteiger partial charge in [-0.1, -0.05) is 24.3 Å². The van der Waals surface area contributed by atoms with E-state index in [-0.39, 0.29) is 0 Å². The fraction of sp³-hybridized carbons (Fsp3) is 0.133. The lowest BCUT2D eigenvalue weighted by Gasteiger charge is -2.09. The number of benzene rings is 2. The standard InChI is InChI=1S/C15H15O/c1-11-5-8-14(9-6-11)16-15-10-12(2)4-7-13(15)3/h4-10H,1H2,2-3H3. The van der Waals surface area contributed by atoms with E-state index in [0.29, 0.717) is 0 Å². The zero-order valence-corrected chi connectivity index (χ0v) is 9.66. The number of ether oxygens (including phenoxy) is 1. The fourth-order valence-electron chi connectivity index (χ4n) is 1.50. The van der Waals surface area contributed by atoms with Crippen LogP contribution in [0.1, 0.15) is 16.7 Å². The van der Waals surface area contributed by atoms with E-state index in [1.807, 2.05) is 37.3 Å². The smallest absolute Gasteiger partial charge is 0.130 e. The normalized spacial score (nSPS) is 10.2. The van der Waals surface area contributed by atoms with Crippen LogP contribution in [0.5, 0.6) is 11.5 Å². The van der Waals surface area contributed by atoms with Crippen molar-refractivity contribution in [2.75, 3.05) is 0 Å². The van der Waals surface area contributed by atoms with Crippen molar-refractivity contribution < 1.29 is 4.74 Å². The zero-order valence-electron chi connectivity index (χ0n) is 9.66. The molecule has 81 valence electrons. The highest BCUT2D eigenvalue weighted by molar-refractivity contribution is 5.40. The first-order chi connectivity index (χ1) is 7.65. The average molecular weight is 211 g/mol. The Morgan fingerprint density at radius 3 is 2.31 bits per heavy atom. The summed E-state index contributed by atoms with van der Waals surface area (Å²) in [6.45, 7) is 7.95. The third-order valence-electron chi connectivity index (χ3n) is 2.49. The molecule has 0 aliphatic carbocycles. The van der Waals surface area contributed by atoms with Gasteiger partial charge in [-0.3, -0.25) is 0 Å². The fourth-order valence-corrected chi connectivity index (χ4v) is 1.50. The van der Waals surface area contributed by atoms with Crippen molar-refractivity contribution in [3.8, 4) is 11.5 Å². The summed E-state index contributed by atoms with van der Waals surface area (Å²) in [4.78, 5) is 0. The second kappa shape index (κ2) is 4.40. The van der Waals surface area contributed by atoms with Crippen molar-refractivity contribution in [1.29, 1.82) is 0 Å². The van der Waals surface area contributed by atoms with Gasteiger partial charge in [0, 0.05) is 0 Å². The van der Waals surface area contributed by atoms with Gasteiger partial charge in [0.2, 0.25) is 0 Å². The minimum absolute atomic E-state index is 0.848. The number of aryl methyl sites for hydroxylation is 2. The second-order valence-electron chi connectivity index (χ2n) is 4.01. The van der Waals surface area contributed by atoms with Gasteiger partial charge in [-0.25, -0.2) is 0 Å². The highest BCUT2D eigenvalue weighted by atomic mass is 16.5. The van der Waals surface area contributed by atoms with Gasteiger partial charge in [-0.05, 0) is 55.7 Å². The minimum atomic E-state index is 0.848. The molecule has 0 aliphatic heterocycles. The molecule has 1 heteroatoms. The molecule has 16 heavy (non-hydrogen) atoms. The Morgan fingerprint density at radius 1 is 0.938 bits per heavy atom. The first-order valence-electron chi connectivity index (χ1n) is 5.32. The summed E-state index contributed by atoms with van der Waals surface area (Å²) in [7, 11) is 0. The molecule has 2 rings (SSSR count). The van der Waals surface area contributed by atoms with E-state index in [2.05, 4.69) is 26.0 Å². The predicted octanol–water partition coefficient (Wildman–Crippen LogP) is 4.28. The molecule has 1 nitrogen and oxygen atoms in total. The first-order valence-corrected chi connectivity index (χ1v) is 5.32. The van der Waals surface area contributed by atoms with Crippen LogP contribution in [0.3, 0.4) is 0 Å². The molecule has 0 amide bonds. The summed E-state index contributed by atoms with van der Waals surface area (Å²) in [6.07, 6.45) is 0. The van der Waals surface area contributed by atoms with Crippen LogP contribution in [-0.4, -0.2) is 0 Å². The summed E-state index contributed by atoms with van der Waals surface area (Å²) in [5.41, 5.74) is 3.34. The van der Waals surface area contributed by atoms with Crippen molar-refractivity contribution >= 4 is 0 Å². The van der Waals surface area contributed by atoms with E-state index < -0.39 is 0 Å². The molecule has 0 spiro atoms. The Morgan fingerprint density at radius 2 is 1.62 bits per heavy atom. The Kier molecular flexibility index (Phi) is 2.95. The summed E-state index contributed by atoms with van der Waals surface area (Å²) < 4.78 is 5.82. The maximum absolute atomic E-state index is 5.82. The van der Waals surface area contributed by atoms with Gasteiger partial charge in [0.05, 0.1) is 0 Å². The largest absolute Gasteiger partial charge is 0.457 e. The van der Waals surface area contributed by atoms with Gasteiger partial charge in [0.25, 0.3) is 0 Å². The third kappa shape index (κ3) is 2.43. The number of hydrogen-bond acceptors (Lipinski definition) is 1. The molecule has 1 radical (unpaired) electrons. The lowest BCUT2D eigenvalue weighted by molar-refractivity contribution is 0.478. The molecule has 0 saturated heterocycles. The molecule has 0 unspecified atom stereocenters. The van der Waals surface area contributed by atoms with Crippen molar-refractivity contribution in [3.63, 3.8) is 0 Å². The van der Waals surface area contributed by atoms with Gasteiger partial charge in [-0.15, -0.1) is 0 Å². The third-order valence-corrected chi connectivity index (χ3v) is 2.49. The van der Waals surface area contributed by atoms with Crippen LogP contribution in [0.15, 0.2) is 42.5 Å². The Balaban J connectivity index is 2.26. The van der Waals surface area contributed by atoms with Gasteiger partial charge < -0.3 is 4.74 Å². The molecule has 0 N–H and O–H groups in total. The molecule has 0 aliphatic rings. The lowest BCUT2D eigenvalue weighted by atomic mass is 10.1. The maximum Gasteiger partial charge on any atom is 0.130 e. The predicted molar refractivity (Wildman–Crippen MR) is 66.9 cm³/mol. The van der Waals surface area contributed by atoms with Crippen molar-refractivity contribution in [2.45, 2.75) is 13.8 Å². The van der Waals surface area contributed by atoms with Crippen LogP contribution >= 0.6 is 0 Å². The van der Waals surface area contributed by atoms with Gasteiger partial charge in [0.1, 0.15) is 11.5 Å². The van der Waals surface area contributed by atoms with E-state index in [1.54, 1.807) is 0 Å². The molecule has 0 aromatic heterocycles. The Bertz CT molecular complexity index is 483. The Labute approximate surface area is 96.7 Å². The molecule has 2 aromatic rings. The van der Waals surface area contributed by atoms with Crippen LogP contribution in [0.25, 0.3) is 0 Å². The van der Waals surface area contributed by atoms with Crippen LogP contribution in [0.4, 0.5) is 0 Å². The summed E-state index contributed by atoms with van der Waals surface area (Å²) in [6, 6.07) is 14.0. The van der Waals surface area contributed by atoms with Gasteiger partial charge in [-0.2, -0.15) is 0 Å². The number of hydrogen-bond donors (Lipinski definition) is 0. The molecule has 0 fully saturated rings. The second-order valence-corrected chi connectivity index (χ2v) is 4.01. The highest BCUT2D eigenvalue weighted by Gasteiger charge is 2.01. The molecule has 0 saturated carbocycles. The monoisotopic (exact) mass is 211 g/mol. The van der Waals surface area contributed by atoms with E-state index in [0.717, 1.165) is 22.6 Å². The first kappa shape index (κ1) is 10.7. The lowest BCUT2D eigenvalue weighted by Crippen LogP contribution is -1.88. The van der Waals surface area contributed by atoms with Gasteiger partial charge in [0.15, 0.2) is 0 Å². The van der Waals surface area contributed by atoms with E-state index in [1.165, 1.54) is 5.56 Å². The molecule has 0 atom stereocenters. The van der Waals surface area contributed by atoms with Crippen LogP contribution in [0, 0.1) is 20.8 Å². The summed E-state index contributed by atoms with van der Waals surface area (Å²) in [5.74, 6) is 1.76. The summed E-state index contributed by atoms with van der Waals surface area (Å²) in [5, 5.41) is 0. The van der Waals surface area contributed by atoms with E-state index >= 15 is 0 Å². The summed E-state index contributed by atoms with van der Waals surface area (Å²) >= 11 is 0. The van der Waals surface area contributed by atoms with E-state index in [4.69, 9.17) is 4.74 Å². The van der Waals surface area contributed by atoms with Crippen LogP contribution < -0.4 is 4.74 Å². The molecule has 2 aromatic carbocycles. The molecular formula is C15H15O. The number of rotatable bonds is 2. The SMILES string of the molecule is [CH2]c1ccc(Oc2cc(C)ccc2C)cc1. The zero-order chi connectivity index (χ0) is 11.5. The molecule has 0 bridgehead atoms. The topological polar surface area (TPSA) is 9.23 Å². The van der Waals surface area contributed by atoms with Crippen LogP contribution in [-0.2, 0) is 0 Å². The van der Waals surface area contributed by atoms with Crippen molar-refractivity contribution in [3.05, 3.63) is 66.1 Å². The molecular weight excluding hydrogens is 196 g/mol. The van der Waals surface area contributed by atoms with Crippen molar-refractivity contribution in [1.82, 2.24) is 0 Å². The Hall–Kier alpha value is -1.76. The van der Waals surface area contributed by atoms with Crippen LogP contribution in [0.2, 0.25) is 0 Å².